The minimum Gasteiger partial charge on any atom is -0.284 e. The maximum atomic E-state index is 9.52. The number of nitriles is 1. The Balaban J connectivity index is 2.32. The lowest BCUT2D eigenvalue weighted by molar-refractivity contribution is 0.195. The Kier molecular flexibility index (Phi) is 4.04. The second-order valence-corrected chi connectivity index (χ2v) is 5.42. The van der Waals surface area contributed by atoms with Crippen molar-refractivity contribution in [1.29, 1.82) is 5.26 Å². The van der Waals surface area contributed by atoms with Gasteiger partial charge in [0.1, 0.15) is 6.04 Å². The molecule has 0 spiro atoms. The van der Waals surface area contributed by atoms with E-state index in [2.05, 4.69) is 43.9 Å². The molecule has 0 radical (unpaired) electrons. The summed E-state index contributed by atoms with van der Waals surface area (Å²) in [5, 5.41) is 9.52. The number of nitrogens with zero attached hydrogens (tertiary/aromatic N) is 2. The van der Waals surface area contributed by atoms with Gasteiger partial charge < -0.3 is 0 Å². The summed E-state index contributed by atoms with van der Waals surface area (Å²) < 4.78 is 0. The highest BCUT2D eigenvalue weighted by Gasteiger charge is 2.23. The molecule has 1 fully saturated rings. The van der Waals surface area contributed by atoms with Gasteiger partial charge in [-0.25, -0.2) is 0 Å². The van der Waals surface area contributed by atoms with E-state index in [0.717, 1.165) is 13.1 Å². The third-order valence-electron chi connectivity index (χ3n) is 4.06. The van der Waals surface area contributed by atoms with Crippen LogP contribution in [0.1, 0.15) is 47.6 Å². The zero-order valence-corrected chi connectivity index (χ0v) is 11.7. The van der Waals surface area contributed by atoms with E-state index < -0.39 is 0 Å². The Morgan fingerprint density at radius 2 is 1.61 bits per heavy atom. The van der Waals surface area contributed by atoms with Crippen molar-refractivity contribution in [2.75, 3.05) is 13.1 Å². The van der Waals surface area contributed by atoms with Gasteiger partial charge in [0.25, 0.3) is 0 Å². The fraction of sp³-hybridized carbons (Fsp3) is 0.562. The predicted octanol–water partition coefficient (Wildman–Crippen LogP) is 3.66. The maximum Gasteiger partial charge on any atom is 0.124 e. The maximum absolute atomic E-state index is 9.52. The smallest absolute Gasteiger partial charge is 0.124 e. The minimum atomic E-state index is -0.0652. The van der Waals surface area contributed by atoms with E-state index in [0.29, 0.717) is 0 Å². The number of benzene rings is 1. The topological polar surface area (TPSA) is 27.0 Å². The quantitative estimate of drug-likeness (QED) is 0.791. The summed E-state index contributed by atoms with van der Waals surface area (Å²) >= 11 is 0. The zero-order valence-electron chi connectivity index (χ0n) is 11.7. The second kappa shape index (κ2) is 5.54. The molecule has 1 saturated heterocycles. The molecule has 1 aromatic rings. The molecular weight excluding hydrogens is 220 g/mol. The van der Waals surface area contributed by atoms with E-state index in [1.165, 1.54) is 41.5 Å². The lowest BCUT2D eigenvalue weighted by Gasteiger charge is -2.31. The fourth-order valence-corrected chi connectivity index (χ4v) is 2.80. The average Bonchev–Trinajstić information content (AvgIpc) is 2.38. The summed E-state index contributed by atoms with van der Waals surface area (Å²) in [6.45, 7) is 8.50. The van der Waals surface area contributed by atoms with Crippen LogP contribution in [-0.2, 0) is 0 Å². The van der Waals surface area contributed by atoms with Crippen molar-refractivity contribution in [2.24, 2.45) is 0 Å². The Hall–Kier alpha value is -1.33. The summed E-state index contributed by atoms with van der Waals surface area (Å²) in [4.78, 5) is 2.33. The van der Waals surface area contributed by atoms with E-state index in [1.54, 1.807) is 0 Å². The van der Waals surface area contributed by atoms with Crippen LogP contribution in [0.5, 0.6) is 0 Å². The SMILES string of the molecule is Cc1cc(C)c(C(C#N)N2CCCCC2)cc1C. The molecule has 1 aliphatic heterocycles. The largest absolute Gasteiger partial charge is 0.284 e. The summed E-state index contributed by atoms with van der Waals surface area (Å²) in [7, 11) is 0. The molecule has 0 bridgehead atoms. The normalized spacial score (nSPS) is 18.3. The van der Waals surface area contributed by atoms with Gasteiger partial charge in [0.15, 0.2) is 0 Å². The number of rotatable bonds is 2. The van der Waals surface area contributed by atoms with Crippen LogP contribution in [-0.4, -0.2) is 18.0 Å². The first kappa shape index (κ1) is 13.1. The van der Waals surface area contributed by atoms with Crippen molar-refractivity contribution in [3.8, 4) is 6.07 Å². The van der Waals surface area contributed by atoms with Gasteiger partial charge >= 0.3 is 0 Å². The van der Waals surface area contributed by atoms with Crippen molar-refractivity contribution in [3.63, 3.8) is 0 Å². The van der Waals surface area contributed by atoms with Crippen molar-refractivity contribution in [3.05, 3.63) is 34.4 Å². The van der Waals surface area contributed by atoms with Crippen LogP contribution >= 0.6 is 0 Å². The van der Waals surface area contributed by atoms with Crippen molar-refractivity contribution in [2.45, 2.75) is 46.1 Å². The summed E-state index contributed by atoms with van der Waals surface area (Å²) in [6, 6.07) is 6.85. The summed E-state index contributed by atoms with van der Waals surface area (Å²) in [5.41, 5.74) is 5.04. The summed E-state index contributed by atoms with van der Waals surface area (Å²) in [5.74, 6) is 0. The lowest BCUT2D eigenvalue weighted by Crippen LogP contribution is -2.33. The first-order valence-electron chi connectivity index (χ1n) is 6.85. The van der Waals surface area contributed by atoms with Crippen LogP contribution in [0, 0.1) is 32.1 Å². The van der Waals surface area contributed by atoms with Gasteiger partial charge in [-0.1, -0.05) is 18.6 Å². The van der Waals surface area contributed by atoms with Gasteiger partial charge in [0.05, 0.1) is 6.07 Å². The number of likely N-dealkylation sites (tertiary alicyclic amines) is 1. The van der Waals surface area contributed by atoms with E-state index in [1.807, 2.05) is 0 Å². The van der Waals surface area contributed by atoms with Crippen LogP contribution in [0.2, 0.25) is 0 Å². The highest BCUT2D eigenvalue weighted by Crippen LogP contribution is 2.28. The Bertz CT molecular complexity index is 465. The highest BCUT2D eigenvalue weighted by atomic mass is 15.2. The molecule has 1 atom stereocenters. The van der Waals surface area contributed by atoms with Gasteiger partial charge in [-0.05, 0) is 69.0 Å². The van der Waals surface area contributed by atoms with Crippen molar-refractivity contribution < 1.29 is 0 Å². The molecule has 1 aliphatic rings. The van der Waals surface area contributed by atoms with Crippen molar-refractivity contribution >= 4 is 0 Å². The fourth-order valence-electron chi connectivity index (χ4n) is 2.80. The standard InChI is InChI=1S/C16H22N2/c1-12-9-14(3)15(10-13(12)2)16(11-17)18-7-5-4-6-8-18/h9-10,16H,4-8H2,1-3H3. The van der Waals surface area contributed by atoms with Crippen LogP contribution in [0.25, 0.3) is 0 Å². The summed E-state index contributed by atoms with van der Waals surface area (Å²) in [6.07, 6.45) is 3.75. The monoisotopic (exact) mass is 242 g/mol. The molecule has 2 nitrogen and oxygen atoms in total. The predicted molar refractivity (Wildman–Crippen MR) is 74.4 cm³/mol. The highest BCUT2D eigenvalue weighted by molar-refractivity contribution is 5.40. The van der Waals surface area contributed by atoms with E-state index >= 15 is 0 Å². The third kappa shape index (κ3) is 2.57. The zero-order chi connectivity index (χ0) is 13.1. The van der Waals surface area contributed by atoms with E-state index in [-0.39, 0.29) is 6.04 Å². The molecule has 2 rings (SSSR count). The number of piperidine rings is 1. The van der Waals surface area contributed by atoms with Crippen LogP contribution in [0.3, 0.4) is 0 Å². The Morgan fingerprint density at radius 1 is 1.00 bits per heavy atom. The number of hydrogen-bond donors (Lipinski definition) is 0. The molecule has 0 saturated carbocycles. The van der Waals surface area contributed by atoms with Gasteiger partial charge in [-0.2, -0.15) is 5.26 Å². The van der Waals surface area contributed by atoms with Crippen molar-refractivity contribution in [1.82, 2.24) is 4.90 Å². The number of aryl methyl sites for hydroxylation is 3. The van der Waals surface area contributed by atoms with Gasteiger partial charge in [-0.15, -0.1) is 0 Å². The molecule has 0 N–H and O–H groups in total. The molecule has 96 valence electrons. The second-order valence-electron chi connectivity index (χ2n) is 5.42. The Labute approximate surface area is 110 Å². The van der Waals surface area contributed by atoms with Crippen LogP contribution in [0.4, 0.5) is 0 Å². The molecule has 1 aromatic carbocycles. The first-order chi connectivity index (χ1) is 8.63. The first-order valence-corrected chi connectivity index (χ1v) is 6.85. The molecule has 0 aromatic heterocycles. The molecule has 1 heterocycles. The minimum absolute atomic E-state index is 0.0652. The molecular formula is C16H22N2. The lowest BCUT2D eigenvalue weighted by atomic mass is 9.94. The molecule has 1 unspecified atom stereocenters. The number of hydrogen-bond acceptors (Lipinski definition) is 2. The van der Waals surface area contributed by atoms with E-state index in [4.69, 9.17) is 0 Å². The molecule has 0 amide bonds. The molecule has 0 aliphatic carbocycles. The molecule has 2 heteroatoms. The third-order valence-corrected chi connectivity index (χ3v) is 4.06. The Morgan fingerprint density at radius 3 is 2.22 bits per heavy atom. The van der Waals surface area contributed by atoms with Crippen LogP contribution in [0.15, 0.2) is 12.1 Å². The van der Waals surface area contributed by atoms with Gasteiger partial charge in [0.2, 0.25) is 0 Å². The van der Waals surface area contributed by atoms with Gasteiger partial charge in [-0.3, -0.25) is 4.90 Å². The van der Waals surface area contributed by atoms with Gasteiger partial charge in [0, 0.05) is 0 Å². The van der Waals surface area contributed by atoms with Crippen LogP contribution < -0.4 is 0 Å². The molecule has 18 heavy (non-hydrogen) atoms. The van der Waals surface area contributed by atoms with E-state index in [9.17, 15) is 5.26 Å². The average molecular weight is 242 g/mol.